The summed E-state index contributed by atoms with van der Waals surface area (Å²) in [6, 6.07) is 0. The monoisotopic (exact) mass is 198 g/mol. The quantitative estimate of drug-likeness (QED) is 0.634. The van der Waals surface area contributed by atoms with Crippen LogP contribution in [0.3, 0.4) is 0 Å². The van der Waals surface area contributed by atoms with Gasteiger partial charge in [-0.3, -0.25) is 0 Å². The molecular formula is C11H15ClO. The summed E-state index contributed by atoms with van der Waals surface area (Å²) in [5.41, 5.74) is 0. The van der Waals surface area contributed by atoms with Gasteiger partial charge in [-0.1, -0.05) is 24.3 Å². The van der Waals surface area contributed by atoms with E-state index in [1.807, 2.05) is 0 Å². The van der Waals surface area contributed by atoms with Crippen LogP contribution in [-0.2, 0) is 4.74 Å². The SMILES string of the molecule is ClCC1C=CC=C[C@@H]1CC1CCO1. The van der Waals surface area contributed by atoms with Gasteiger partial charge in [0.25, 0.3) is 0 Å². The Bertz CT molecular complexity index is 218. The fourth-order valence-corrected chi connectivity index (χ4v) is 2.22. The highest BCUT2D eigenvalue weighted by Crippen LogP contribution is 2.29. The number of halogens is 1. The highest BCUT2D eigenvalue weighted by molar-refractivity contribution is 6.18. The van der Waals surface area contributed by atoms with E-state index in [4.69, 9.17) is 16.3 Å². The summed E-state index contributed by atoms with van der Waals surface area (Å²) >= 11 is 5.89. The van der Waals surface area contributed by atoms with Crippen molar-refractivity contribution in [2.45, 2.75) is 18.9 Å². The molecule has 1 aliphatic heterocycles. The molecule has 2 rings (SSSR count). The Kier molecular flexibility index (Phi) is 3.07. The molecule has 0 spiro atoms. The summed E-state index contributed by atoms with van der Waals surface area (Å²) < 4.78 is 5.43. The predicted octanol–water partition coefficient (Wildman–Crippen LogP) is 2.76. The van der Waals surface area contributed by atoms with Gasteiger partial charge in [-0.15, -0.1) is 11.6 Å². The number of rotatable bonds is 3. The topological polar surface area (TPSA) is 9.23 Å². The van der Waals surface area contributed by atoms with E-state index in [1.165, 1.54) is 6.42 Å². The van der Waals surface area contributed by atoms with Crippen molar-refractivity contribution in [1.82, 2.24) is 0 Å². The number of hydrogen-bond donors (Lipinski definition) is 0. The second-order valence-corrected chi connectivity index (χ2v) is 4.08. The Morgan fingerprint density at radius 1 is 1.23 bits per heavy atom. The minimum atomic E-state index is 0.492. The Balaban J connectivity index is 1.88. The third-order valence-corrected chi connectivity index (χ3v) is 3.24. The molecule has 1 nitrogen and oxygen atoms in total. The molecule has 3 atom stereocenters. The maximum absolute atomic E-state index is 5.89. The minimum absolute atomic E-state index is 0.492. The van der Waals surface area contributed by atoms with Crippen LogP contribution in [-0.4, -0.2) is 18.6 Å². The van der Waals surface area contributed by atoms with E-state index in [1.54, 1.807) is 0 Å². The fraction of sp³-hybridized carbons (Fsp3) is 0.636. The molecule has 2 aliphatic rings. The molecule has 0 aromatic heterocycles. The van der Waals surface area contributed by atoms with Crippen LogP contribution in [0.1, 0.15) is 12.8 Å². The highest BCUT2D eigenvalue weighted by atomic mass is 35.5. The summed E-state index contributed by atoms with van der Waals surface area (Å²) in [4.78, 5) is 0. The zero-order chi connectivity index (χ0) is 9.10. The lowest BCUT2D eigenvalue weighted by atomic mass is 9.84. The molecule has 2 unspecified atom stereocenters. The summed E-state index contributed by atoms with van der Waals surface area (Å²) in [5.74, 6) is 1.82. The first-order valence-electron chi connectivity index (χ1n) is 4.92. The van der Waals surface area contributed by atoms with Crippen molar-refractivity contribution < 1.29 is 4.74 Å². The third-order valence-electron chi connectivity index (χ3n) is 2.88. The van der Waals surface area contributed by atoms with Crippen LogP contribution < -0.4 is 0 Å². The maximum atomic E-state index is 5.89. The molecule has 0 saturated carbocycles. The number of alkyl halides is 1. The zero-order valence-electron chi connectivity index (χ0n) is 7.66. The van der Waals surface area contributed by atoms with Gasteiger partial charge in [-0.05, 0) is 24.7 Å². The van der Waals surface area contributed by atoms with Crippen LogP contribution in [0.4, 0.5) is 0 Å². The first-order chi connectivity index (χ1) is 6.40. The van der Waals surface area contributed by atoms with Crippen molar-refractivity contribution in [3.05, 3.63) is 24.3 Å². The molecule has 0 amide bonds. The van der Waals surface area contributed by atoms with E-state index in [9.17, 15) is 0 Å². The molecule has 0 aromatic carbocycles. The molecular weight excluding hydrogens is 184 g/mol. The average Bonchev–Trinajstić information content (AvgIpc) is 2.12. The van der Waals surface area contributed by atoms with Gasteiger partial charge in [0.2, 0.25) is 0 Å². The van der Waals surface area contributed by atoms with Crippen LogP contribution in [0.5, 0.6) is 0 Å². The van der Waals surface area contributed by atoms with Crippen molar-refractivity contribution in [2.75, 3.05) is 12.5 Å². The van der Waals surface area contributed by atoms with E-state index >= 15 is 0 Å². The second kappa shape index (κ2) is 4.30. The fourth-order valence-electron chi connectivity index (χ4n) is 1.89. The summed E-state index contributed by atoms with van der Waals surface area (Å²) in [7, 11) is 0. The zero-order valence-corrected chi connectivity index (χ0v) is 8.41. The van der Waals surface area contributed by atoms with Crippen LogP contribution in [0.25, 0.3) is 0 Å². The Morgan fingerprint density at radius 3 is 2.46 bits per heavy atom. The number of ether oxygens (including phenoxy) is 1. The van der Waals surface area contributed by atoms with Crippen LogP contribution in [0.2, 0.25) is 0 Å². The summed E-state index contributed by atoms with van der Waals surface area (Å²) in [6.45, 7) is 0.947. The van der Waals surface area contributed by atoms with Gasteiger partial charge in [0, 0.05) is 12.5 Å². The van der Waals surface area contributed by atoms with Crippen LogP contribution in [0, 0.1) is 11.8 Å². The Hall–Kier alpha value is -0.270. The first kappa shape index (κ1) is 9.29. The van der Waals surface area contributed by atoms with Gasteiger partial charge in [-0.2, -0.15) is 0 Å². The molecule has 2 heteroatoms. The lowest BCUT2D eigenvalue weighted by Gasteiger charge is -2.32. The van der Waals surface area contributed by atoms with Gasteiger partial charge < -0.3 is 4.74 Å². The molecule has 1 aliphatic carbocycles. The van der Waals surface area contributed by atoms with Crippen molar-refractivity contribution in [3.8, 4) is 0 Å². The predicted molar refractivity (Wildman–Crippen MR) is 55.0 cm³/mol. The molecule has 0 aromatic rings. The highest BCUT2D eigenvalue weighted by Gasteiger charge is 2.25. The maximum Gasteiger partial charge on any atom is 0.0602 e. The van der Waals surface area contributed by atoms with Crippen molar-refractivity contribution in [1.29, 1.82) is 0 Å². The minimum Gasteiger partial charge on any atom is -0.378 e. The van der Waals surface area contributed by atoms with E-state index in [0.29, 0.717) is 17.9 Å². The molecule has 1 heterocycles. The first-order valence-corrected chi connectivity index (χ1v) is 5.46. The number of allylic oxidation sites excluding steroid dienone is 4. The molecule has 0 N–H and O–H groups in total. The van der Waals surface area contributed by atoms with Gasteiger partial charge in [-0.25, -0.2) is 0 Å². The Labute approximate surface area is 84.4 Å². The van der Waals surface area contributed by atoms with E-state index in [0.717, 1.165) is 18.9 Å². The van der Waals surface area contributed by atoms with E-state index < -0.39 is 0 Å². The lowest BCUT2D eigenvalue weighted by molar-refractivity contribution is -0.0617. The van der Waals surface area contributed by atoms with Gasteiger partial charge in [0.15, 0.2) is 0 Å². The second-order valence-electron chi connectivity index (χ2n) is 3.77. The molecule has 72 valence electrons. The van der Waals surface area contributed by atoms with Crippen LogP contribution >= 0.6 is 11.6 Å². The lowest BCUT2D eigenvalue weighted by Crippen LogP contribution is -2.31. The summed E-state index contributed by atoms with van der Waals surface area (Å²) in [6.07, 6.45) is 11.5. The third kappa shape index (κ3) is 2.15. The average molecular weight is 199 g/mol. The van der Waals surface area contributed by atoms with Gasteiger partial charge in [0.05, 0.1) is 6.10 Å². The van der Waals surface area contributed by atoms with E-state index in [-0.39, 0.29) is 0 Å². The van der Waals surface area contributed by atoms with Gasteiger partial charge in [0.1, 0.15) is 0 Å². The normalized spacial score (nSPS) is 37.5. The van der Waals surface area contributed by atoms with Crippen molar-refractivity contribution in [3.63, 3.8) is 0 Å². The molecule has 0 radical (unpaired) electrons. The molecule has 13 heavy (non-hydrogen) atoms. The van der Waals surface area contributed by atoms with Crippen LogP contribution in [0.15, 0.2) is 24.3 Å². The molecule has 1 saturated heterocycles. The summed E-state index contributed by atoms with van der Waals surface area (Å²) in [5, 5.41) is 0. The molecule has 1 fully saturated rings. The standard InChI is InChI=1S/C11H15ClO/c12-8-10-4-2-1-3-9(10)7-11-5-6-13-11/h1-4,9-11H,5-8H2/t9-,10?,11?/m1/s1. The largest absolute Gasteiger partial charge is 0.378 e. The Morgan fingerprint density at radius 2 is 1.92 bits per heavy atom. The van der Waals surface area contributed by atoms with Crippen molar-refractivity contribution >= 4 is 11.6 Å². The molecule has 0 bridgehead atoms. The van der Waals surface area contributed by atoms with Crippen molar-refractivity contribution in [2.24, 2.45) is 11.8 Å². The number of hydrogen-bond acceptors (Lipinski definition) is 1. The smallest absolute Gasteiger partial charge is 0.0602 e. The van der Waals surface area contributed by atoms with Gasteiger partial charge >= 0.3 is 0 Å². The van der Waals surface area contributed by atoms with E-state index in [2.05, 4.69) is 24.3 Å².